The first-order valence-electron chi connectivity index (χ1n) is 25.6. The number of rotatable bonds is 14. The van der Waals surface area contributed by atoms with Crippen LogP contribution < -0.4 is 5.32 Å². The second-order valence-corrected chi connectivity index (χ2v) is 23.7. The van der Waals surface area contributed by atoms with Crippen molar-refractivity contribution in [1.29, 1.82) is 5.26 Å². The summed E-state index contributed by atoms with van der Waals surface area (Å²) in [6.45, 7) is 26.3. The van der Waals surface area contributed by atoms with E-state index in [-0.39, 0.29) is 63.4 Å². The number of piperazine rings is 1. The van der Waals surface area contributed by atoms with Crippen LogP contribution in [-0.2, 0) is 36.9 Å². The quantitative estimate of drug-likeness (QED) is 0.111. The summed E-state index contributed by atoms with van der Waals surface area (Å²) in [5.74, 6) is -0.104. The van der Waals surface area contributed by atoms with Crippen molar-refractivity contribution in [2.24, 2.45) is 15.8 Å². The molecule has 1 saturated carbocycles. The van der Waals surface area contributed by atoms with E-state index in [0.29, 0.717) is 65.5 Å². The Morgan fingerprint density at radius 1 is 0.986 bits per heavy atom. The number of hydrogen-bond acceptors (Lipinski definition) is 11. The molecule has 5 aliphatic heterocycles. The molecule has 6 heterocycles. The maximum Gasteiger partial charge on any atom is 0.412 e. The number of amides is 2. The number of unbranched alkanes of at least 4 members (excludes halogenated alkanes) is 1. The number of nitrogens with zero attached hydrogens (tertiary/aromatic N) is 5. The molecule has 6 aliphatic rings. The molecule has 16 heteroatoms. The number of benzene rings is 1. The molecule has 0 radical (unpaired) electrons. The van der Waals surface area contributed by atoms with Crippen LogP contribution in [0.4, 0.5) is 23.4 Å². The van der Waals surface area contributed by atoms with E-state index in [1.165, 1.54) is 6.08 Å². The van der Waals surface area contributed by atoms with E-state index in [9.17, 15) is 14.9 Å². The highest BCUT2D eigenvalue weighted by Gasteiger charge is 2.52. The van der Waals surface area contributed by atoms with Crippen molar-refractivity contribution in [1.82, 2.24) is 14.7 Å². The molecular weight excluding hydrogens is 927 g/mol. The van der Waals surface area contributed by atoms with Gasteiger partial charge in [-0.1, -0.05) is 31.9 Å². The largest absolute Gasteiger partial charge is 0.477 e. The first kappa shape index (κ1) is 52.5. The summed E-state index contributed by atoms with van der Waals surface area (Å²) in [4.78, 5) is 39.0. The average Bonchev–Trinajstić information content (AvgIpc) is 3.64. The van der Waals surface area contributed by atoms with Gasteiger partial charge in [0.15, 0.2) is 0 Å². The lowest BCUT2D eigenvalue weighted by molar-refractivity contribution is -0.0269. The van der Waals surface area contributed by atoms with Crippen molar-refractivity contribution in [2.45, 2.75) is 164 Å². The zero-order valence-corrected chi connectivity index (χ0v) is 44.6. The summed E-state index contributed by atoms with van der Waals surface area (Å²) in [5.41, 5.74) is 2.59. The lowest BCUT2D eigenvalue weighted by Gasteiger charge is -2.48. The Bertz CT molecular complexity index is 2550. The van der Waals surface area contributed by atoms with E-state index in [2.05, 4.69) is 28.1 Å². The molecule has 2 bridgehead atoms. The fourth-order valence-electron chi connectivity index (χ4n) is 11.0. The van der Waals surface area contributed by atoms with Crippen LogP contribution in [0.5, 0.6) is 0 Å². The monoisotopic (exact) mass is 1000 g/mol. The van der Waals surface area contributed by atoms with Gasteiger partial charge in [0.2, 0.25) is 5.88 Å². The molecule has 2 unspecified atom stereocenters. The normalized spacial score (nSPS) is 22.3. The molecule has 386 valence electrons. The Morgan fingerprint density at radius 2 is 1.65 bits per heavy atom. The number of nitrogens with one attached hydrogen (secondary N) is 1. The van der Waals surface area contributed by atoms with Gasteiger partial charge in [0.25, 0.3) is 0 Å². The molecular formula is C55H74F2N6O7S. The molecule has 2 amide bonds. The van der Waals surface area contributed by atoms with E-state index in [0.717, 1.165) is 100 Å². The molecule has 2 atom stereocenters. The third-order valence-electron chi connectivity index (χ3n) is 14.7. The van der Waals surface area contributed by atoms with Crippen LogP contribution in [0.15, 0.2) is 28.6 Å². The van der Waals surface area contributed by atoms with Crippen LogP contribution in [0, 0.1) is 34.9 Å². The first-order chi connectivity index (χ1) is 33.6. The summed E-state index contributed by atoms with van der Waals surface area (Å²) in [7, 11) is 0. The number of allylic oxidation sites excluding steroid dienone is 3. The minimum atomic E-state index is -0.838. The third-order valence-corrected chi connectivity index (χ3v) is 15.8. The van der Waals surface area contributed by atoms with Crippen LogP contribution in [0.2, 0.25) is 0 Å². The van der Waals surface area contributed by atoms with E-state index in [4.69, 9.17) is 28.7 Å². The third kappa shape index (κ3) is 11.1. The van der Waals surface area contributed by atoms with Gasteiger partial charge in [-0.05, 0) is 136 Å². The summed E-state index contributed by atoms with van der Waals surface area (Å²) < 4.78 is 65.0. The van der Waals surface area contributed by atoms with Crippen LogP contribution in [0.25, 0.3) is 11.4 Å². The van der Waals surface area contributed by atoms with Crippen molar-refractivity contribution in [3.05, 3.63) is 73.2 Å². The summed E-state index contributed by atoms with van der Waals surface area (Å²) in [6.07, 6.45) is 9.07. The first-order valence-corrected chi connectivity index (χ1v) is 26.4. The van der Waals surface area contributed by atoms with Crippen LogP contribution in [-0.4, -0.2) is 109 Å². The van der Waals surface area contributed by atoms with Gasteiger partial charge in [-0.15, -0.1) is 11.3 Å². The maximum atomic E-state index is 18.4. The second-order valence-electron chi connectivity index (χ2n) is 22.7. The van der Waals surface area contributed by atoms with E-state index in [1.807, 2.05) is 40.7 Å². The lowest BCUT2D eigenvalue weighted by Crippen LogP contribution is -2.58. The van der Waals surface area contributed by atoms with E-state index in [1.54, 1.807) is 39.5 Å². The minimum Gasteiger partial charge on any atom is -0.477 e. The zero-order valence-electron chi connectivity index (χ0n) is 43.8. The standard InChI is InChI=1S/C55H74F2N6O7S/c1-12-15-16-41(68-32-54(19-20-54)28-61-29-55(30-61)21-22-66-31-55)59-48(63-35-17-18-36(63)25-62(24-35)51(65)70-53(9,10)11)43-34(5)46(57)44(39-27-67-26-38(39)43)42(33(4)13-2)45-37(23-58)49(71-47(45)40(56)14-3)60-50(64)69-52(6,7)8/h14,16,35-36H,12-13,15,17-22,24-32H2,1-11H3,(H,60,64)/b40-14+,41-16-,42-33+,59-48+. The van der Waals surface area contributed by atoms with Gasteiger partial charge in [0.05, 0.1) is 36.9 Å². The van der Waals surface area contributed by atoms with Crippen LogP contribution in [0.3, 0.4) is 0 Å². The number of halogens is 2. The van der Waals surface area contributed by atoms with Gasteiger partial charge in [0, 0.05) is 78.9 Å². The number of thiophene rings is 1. The number of anilines is 1. The van der Waals surface area contributed by atoms with Gasteiger partial charge in [0.1, 0.15) is 39.8 Å². The number of hydrogen-bond donors (Lipinski definition) is 1. The molecule has 71 heavy (non-hydrogen) atoms. The van der Waals surface area contributed by atoms with Crippen molar-refractivity contribution >= 4 is 45.8 Å². The molecule has 5 fully saturated rings. The Hall–Kier alpha value is -4.82. The molecule has 8 rings (SSSR count). The van der Waals surface area contributed by atoms with Gasteiger partial charge in [-0.25, -0.2) is 18.4 Å². The van der Waals surface area contributed by atoms with E-state index < -0.39 is 28.9 Å². The topological polar surface area (TPSA) is 138 Å². The average molecular weight is 1000 g/mol. The molecule has 1 aromatic heterocycles. The van der Waals surface area contributed by atoms with Crippen molar-refractivity contribution < 1.29 is 42.1 Å². The SMILES string of the molecule is C/C=C(/F)c1sc(NC(=O)OC(C)(C)C)c(C#N)c1/C(=C(\C)CC)c1c(F)c(C)c(/C(=N\C(=C\CCC)OCC2(CN3CC4(CCOC4)C3)CC2)N2C3CCC2CN(C(=O)OC(C)(C)C)C3)c2c1COC2. The molecule has 1 N–H and O–H groups in total. The molecule has 1 aliphatic carbocycles. The Labute approximate surface area is 423 Å². The van der Waals surface area contributed by atoms with Crippen LogP contribution >= 0.6 is 11.3 Å². The fourth-order valence-corrected chi connectivity index (χ4v) is 12.1. The Kier molecular flexibility index (Phi) is 15.2. The summed E-state index contributed by atoms with van der Waals surface area (Å²) >= 11 is 0.911. The predicted molar refractivity (Wildman–Crippen MR) is 273 cm³/mol. The highest BCUT2D eigenvalue weighted by molar-refractivity contribution is 7.17. The fraction of sp³-hybridized carbons (Fsp3) is 0.636. The molecule has 13 nitrogen and oxygen atoms in total. The minimum absolute atomic E-state index is 0.00333. The van der Waals surface area contributed by atoms with Crippen molar-refractivity contribution in [2.75, 3.05) is 57.9 Å². The summed E-state index contributed by atoms with van der Waals surface area (Å²) in [5, 5.41) is 13.6. The van der Waals surface area contributed by atoms with Gasteiger partial charge >= 0.3 is 12.2 Å². The highest BCUT2D eigenvalue weighted by atomic mass is 32.1. The molecule has 2 aromatic rings. The van der Waals surface area contributed by atoms with Crippen molar-refractivity contribution in [3.8, 4) is 6.07 Å². The van der Waals surface area contributed by atoms with Gasteiger partial charge < -0.3 is 38.4 Å². The Morgan fingerprint density at radius 3 is 2.21 bits per heavy atom. The number of carbonyl (C=O) groups excluding carboxylic acids is 2. The molecule has 1 spiro atoms. The lowest BCUT2D eigenvalue weighted by atomic mass is 9.78. The van der Waals surface area contributed by atoms with Gasteiger partial charge in [-0.3, -0.25) is 5.32 Å². The molecule has 4 saturated heterocycles. The number of nitriles is 1. The number of amidine groups is 1. The van der Waals surface area contributed by atoms with Crippen molar-refractivity contribution in [3.63, 3.8) is 0 Å². The second kappa shape index (κ2) is 20.6. The predicted octanol–water partition coefficient (Wildman–Crippen LogP) is 12.0. The number of likely N-dealkylation sites (tertiary alicyclic amines) is 2. The summed E-state index contributed by atoms with van der Waals surface area (Å²) in [6, 6.07) is 1.94. The Balaban J connectivity index is 1.25. The van der Waals surface area contributed by atoms with Gasteiger partial charge in [-0.2, -0.15) is 10.3 Å². The van der Waals surface area contributed by atoms with E-state index >= 15 is 8.78 Å². The number of carbonyl (C=O) groups is 2. The molecule has 1 aromatic carbocycles. The number of aliphatic imine (C=N–C) groups is 1. The van der Waals surface area contributed by atoms with Crippen LogP contribution in [0.1, 0.15) is 164 Å². The number of ether oxygens (including phenoxy) is 5. The maximum absolute atomic E-state index is 18.4. The number of fused-ring (bicyclic) bond motifs is 3. The smallest absolute Gasteiger partial charge is 0.412 e. The zero-order chi connectivity index (χ0) is 51.2. The highest BCUT2D eigenvalue weighted by Crippen LogP contribution is 2.51.